The molecule has 5 heteroatoms. The molecule has 1 heterocycles. The van der Waals surface area contributed by atoms with Crippen molar-refractivity contribution < 1.29 is 9.53 Å². The van der Waals surface area contributed by atoms with Crippen molar-refractivity contribution in [3.05, 3.63) is 79.6 Å². The van der Waals surface area contributed by atoms with Gasteiger partial charge in [-0.1, -0.05) is 30.3 Å². The maximum Gasteiger partial charge on any atom is 0.343 e. The second-order valence-corrected chi connectivity index (χ2v) is 7.48. The number of halogens is 1. The Morgan fingerprint density at radius 1 is 1.16 bits per heavy atom. The zero-order valence-electron chi connectivity index (χ0n) is 13.4. The summed E-state index contributed by atoms with van der Waals surface area (Å²) < 4.78 is 8.39. The average molecular weight is 445 g/mol. The normalized spacial score (nSPS) is 13.8. The van der Waals surface area contributed by atoms with E-state index in [2.05, 4.69) is 22.6 Å². The van der Waals surface area contributed by atoms with Gasteiger partial charge in [-0.05, 0) is 59.2 Å². The summed E-state index contributed by atoms with van der Waals surface area (Å²) in [4.78, 5) is 25.3. The molecule has 1 aliphatic rings. The van der Waals surface area contributed by atoms with Crippen molar-refractivity contribution in [1.29, 1.82) is 0 Å². The maximum absolute atomic E-state index is 12.8. The first-order valence-corrected chi connectivity index (χ1v) is 9.27. The molecule has 1 fully saturated rings. The van der Waals surface area contributed by atoms with E-state index in [0.717, 1.165) is 27.5 Å². The molecule has 0 amide bonds. The molecule has 4 nitrogen and oxygen atoms in total. The van der Waals surface area contributed by atoms with Crippen LogP contribution in [0.5, 0.6) is 0 Å². The van der Waals surface area contributed by atoms with Gasteiger partial charge in [-0.15, -0.1) is 0 Å². The van der Waals surface area contributed by atoms with Gasteiger partial charge in [-0.2, -0.15) is 0 Å². The Morgan fingerprint density at radius 3 is 2.64 bits per heavy atom. The van der Waals surface area contributed by atoms with Gasteiger partial charge in [0.1, 0.15) is 12.2 Å². The van der Waals surface area contributed by atoms with E-state index in [1.165, 1.54) is 0 Å². The van der Waals surface area contributed by atoms with Gasteiger partial charge in [0.25, 0.3) is 0 Å². The number of benzene rings is 2. The number of esters is 1. The predicted octanol–water partition coefficient (Wildman–Crippen LogP) is 4.30. The summed E-state index contributed by atoms with van der Waals surface area (Å²) in [7, 11) is 0. The fourth-order valence-corrected chi connectivity index (χ4v) is 3.42. The number of pyridine rings is 1. The molecular weight excluding hydrogens is 429 g/mol. The quantitative estimate of drug-likeness (QED) is 0.445. The van der Waals surface area contributed by atoms with Crippen molar-refractivity contribution in [2.75, 3.05) is 0 Å². The Labute approximate surface area is 158 Å². The minimum absolute atomic E-state index is 0.109. The topological polar surface area (TPSA) is 48.3 Å². The number of ether oxygens (including phenoxy) is 1. The molecule has 0 unspecified atom stereocenters. The van der Waals surface area contributed by atoms with Crippen LogP contribution < -0.4 is 5.43 Å². The third kappa shape index (κ3) is 3.33. The highest BCUT2D eigenvalue weighted by Crippen LogP contribution is 2.37. The summed E-state index contributed by atoms with van der Waals surface area (Å²) in [5, 5.41) is 0.577. The SMILES string of the molecule is O=C(OCc1ccccc1)c1cn(C2CC2)c2ccc(I)cc2c1=O. The number of fused-ring (bicyclic) bond motifs is 1. The Balaban J connectivity index is 1.72. The molecule has 0 saturated heterocycles. The highest BCUT2D eigenvalue weighted by atomic mass is 127. The van der Waals surface area contributed by atoms with Crippen LogP contribution in [0.15, 0.2) is 59.5 Å². The van der Waals surface area contributed by atoms with Crippen LogP contribution in [-0.2, 0) is 11.3 Å². The molecule has 1 aromatic heterocycles. The number of hydrogen-bond acceptors (Lipinski definition) is 3. The predicted molar refractivity (Wildman–Crippen MR) is 105 cm³/mol. The van der Waals surface area contributed by atoms with Gasteiger partial charge in [-0.3, -0.25) is 4.79 Å². The van der Waals surface area contributed by atoms with Crippen molar-refractivity contribution in [3.8, 4) is 0 Å². The molecule has 0 spiro atoms. The highest BCUT2D eigenvalue weighted by Gasteiger charge is 2.27. The Hall–Kier alpha value is -2.15. The third-order valence-electron chi connectivity index (χ3n) is 4.37. The molecule has 0 N–H and O–H groups in total. The second-order valence-electron chi connectivity index (χ2n) is 6.23. The van der Waals surface area contributed by atoms with E-state index in [9.17, 15) is 9.59 Å². The largest absolute Gasteiger partial charge is 0.457 e. The van der Waals surface area contributed by atoms with E-state index in [-0.39, 0.29) is 17.6 Å². The average Bonchev–Trinajstić information content (AvgIpc) is 3.46. The fraction of sp³-hybridized carbons (Fsp3) is 0.200. The number of nitrogens with zero attached hydrogens (tertiary/aromatic N) is 1. The van der Waals surface area contributed by atoms with Crippen LogP contribution in [0.2, 0.25) is 0 Å². The Kier molecular flexibility index (Phi) is 4.33. The molecule has 2 aromatic carbocycles. The minimum Gasteiger partial charge on any atom is -0.457 e. The summed E-state index contributed by atoms with van der Waals surface area (Å²) in [6, 6.07) is 15.6. The molecule has 126 valence electrons. The van der Waals surface area contributed by atoms with Crippen molar-refractivity contribution in [2.24, 2.45) is 0 Å². The lowest BCUT2D eigenvalue weighted by molar-refractivity contribution is 0.0470. The zero-order valence-corrected chi connectivity index (χ0v) is 15.6. The summed E-state index contributed by atoms with van der Waals surface area (Å²) in [6.45, 7) is 0.160. The minimum atomic E-state index is -0.566. The first kappa shape index (κ1) is 16.3. The van der Waals surface area contributed by atoms with E-state index >= 15 is 0 Å². The van der Waals surface area contributed by atoms with Gasteiger partial charge >= 0.3 is 5.97 Å². The summed E-state index contributed by atoms with van der Waals surface area (Å²) >= 11 is 2.18. The van der Waals surface area contributed by atoms with Gasteiger partial charge < -0.3 is 9.30 Å². The number of carbonyl (C=O) groups is 1. The molecule has 1 aliphatic carbocycles. The lowest BCUT2D eigenvalue weighted by Crippen LogP contribution is -2.20. The number of aromatic nitrogens is 1. The first-order valence-electron chi connectivity index (χ1n) is 8.19. The van der Waals surface area contributed by atoms with E-state index < -0.39 is 5.97 Å². The summed E-state index contributed by atoms with van der Waals surface area (Å²) in [5.74, 6) is -0.566. The van der Waals surface area contributed by atoms with Crippen LogP contribution >= 0.6 is 22.6 Å². The van der Waals surface area contributed by atoms with Crippen molar-refractivity contribution >= 4 is 39.5 Å². The fourth-order valence-electron chi connectivity index (χ4n) is 2.93. The van der Waals surface area contributed by atoms with Gasteiger partial charge in [-0.25, -0.2) is 4.79 Å². The van der Waals surface area contributed by atoms with E-state index in [0.29, 0.717) is 11.4 Å². The lowest BCUT2D eigenvalue weighted by Gasteiger charge is -2.13. The molecule has 3 aromatic rings. The molecule has 0 atom stereocenters. The number of hydrogen-bond donors (Lipinski definition) is 0. The standard InChI is InChI=1S/C20H16INO3/c21-14-6-9-18-16(10-14)19(23)17(11-22(18)15-7-8-15)20(24)25-12-13-4-2-1-3-5-13/h1-6,9-11,15H,7-8,12H2. The summed E-state index contributed by atoms with van der Waals surface area (Å²) in [6.07, 6.45) is 3.81. The van der Waals surface area contributed by atoms with Crippen LogP contribution in [-0.4, -0.2) is 10.5 Å². The van der Waals surface area contributed by atoms with Gasteiger partial charge in [0.05, 0.1) is 5.52 Å². The van der Waals surface area contributed by atoms with Crippen molar-refractivity contribution in [3.63, 3.8) is 0 Å². The zero-order chi connectivity index (χ0) is 17.4. The maximum atomic E-state index is 12.8. The molecule has 1 saturated carbocycles. The van der Waals surface area contributed by atoms with Crippen LogP contribution in [0.25, 0.3) is 10.9 Å². The van der Waals surface area contributed by atoms with Gasteiger partial charge in [0, 0.05) is 21.2 Å². The highest BCUT2D eigenvalue weighted by molar-refractivity contribution is 14.1. The van der Waals surface area contributed by atoms with Crippen LogP contribution in [0.4, 0.5) is 0 Å². The van der Waals surface area contributed by atoms with Crippen molar-refractivity contribution in [2.45, 2.75) is 25.5 Å². The number of carbonyl (C=O) groups excluding carboxylic acids is 1. The van der Waals surface area contributed by atoms with Crippen LogP contribution in [0.3, 0.4) is 0 Å². The monoisotopic (exact) mass is 445 g/mol. The van der Waals surface area contributed by atoms with E-state index in [1.54, 1.807) is 6.20 Å². The Bertz CT molecular complexity index is 1010. The third-order valence-corrected chi connectivity index (χ3v) is 5.04. The van der Waals surface area contributed by atoms with Gasteiger partial charge in [0.15, 0.2) is 0 Å². The Morgan fingerprint density at radius 2 is 1.92 bits per heavy atom. The first-order chi connectivity index (χ1) is 12.1. The van der Waals surface area contributed by atoms with Gasteiger partial charge in [0.2, 0.25) is 5.43 Å². The lowest BCUT2D eigenvalue weighted by atomic mass is 10.1. The van der Waals surface area contributed by atoms with Crippen LogP contribution in [0.1, 0.15) is 34.8 Å². The molecule has 0 aliphatic heterocycles. The smallest absolute Gasteiger partial charge is 0.343 e. The van der Waals surface area contributed by atoms with Crippen LogP contribution in [0, 0.1) is 3.57 Å². The molecule has 4 rings (SSSR count). The van der Waals surface area contributed by atoms with Crippen molar-refractivity contribution in [1.82, 2.24) is 4.57 Å². The molecule has 0 radical (unpaired) electrons. The molecule has 0 bridgehead atoms. The molecule has 25 heavy (non-hydrogen) atoms. The number of rotatable bonds is 4. The second kappa shape index (κ2) is 6.63. The van der Waals surface area contributed by atoms with E-state index in [1.807, 2.05) is 53.1 Å². The van der Waals surface area contributed by atoms with E-state index in [4.69, 9.17) is 4.74 Å². The molecular formula is C20H16INO3. The summed E-state index contributed by atoms with van der Waals surface area (Å²) in [5.41, 5.74) is 1.63.